The summed E-state index contributed by atoms with van der Waals surface area (Å²) in [6, 6.07) is -0.353. The molecule has 0 saturated carbocycles. The van der Waals surface area contributed by atoms with Crippen LogP contribution in [0.3, 0.4) is 0 Å². The number of carboxylic acids is 1. The van der Waals surface area contributed by atoms with Gasteiger partial charge >= 0.3 is 5.97 Å². The molecule has 0 aromatic heterocycles. The lowest BCUT2D eigenvalue weighted by molar-refractivity contribution is -0.141. The molecule has 0 rings (SSSR count). The van der Waals surface area contributed by atoms with Gasteiger partial charge in [0.25, 0.3) is 9.70 Å². The van der Waals surface area contributed by atoms with Gasteiger partial charge in [0.05, 0.1) is 5.92 Å². The summed E-state index contributed by atoms with van der Waals surface area (Å²) in [6.07, 6.45) is 5.73. The second kappa shape index (κ2) is 9.54. The van der Waals surface area contributed by atoms with Gasteiger partial charge < -0.3 is 10.4 Å². The largest absolute Gasteiger partial charge is 0.481 e. The SMILES string of the molecule is CCCC[C@H](/C=C/[C@@H](C(=O)O)C(C)C)NC(=O)C(Cl)(Cl)Cl. The molecule has 4 nitrogen and oxygen atoms in total. The number of unbranched alkanes of at least 4 members (excludes halogenated alkanes) is 1. The normalized spacial score (nSPS) is 15.2. The lowest BCUT2D eigenvalue weighted by Crippen LogP contribution is -2.41. The van der Waals surface area contributed by atoms with Crippen LogP contribution in [0.1, 0.15) is 40.0 Å². The number of halogens is 3. The van der Waals surface area contributed by atoms with Crippen LogP contribution in [0.5, 0.6) is 0 Å². The van der Waals surface area contributed by atoms with Crippen molar-refractivity contribution in [2.45, 2.75) is 49.9 Å². The van der Waals surface area contributed by atoms with E-state index < -0.39 is 21.6 Å². The Morgan fingerprint density at radius 1 is 1.24 bits per heavy atom. The molecule has 0 aromatic rings. The van der Waals surface area contributed by atoms with Crippen molar-refractivity contribution in [2.24, 2.45) is 11.8 Å². The Labute approximate surface area is 140 Å². The molecule has 7 heteroatoms. The molecular weight excluding hydrogens is 337 g/mol. The minimum atomic E-state index is -2.03. The van der Waals surface area contributed by atoms with Gasteiger partial charge in [-0.1, -0.05) is 80.6 Å². The average molecular weight is 359 g/mol. The third kappa shape index (κ3) is 8.54. The van der Waals surface area contributed by atoms with Crippen molar-refractivity contribution in [1.82, 2.24) is 5.32 Å². The van der Waals surface area contributed by atoms with E-state index >= 15 is 0 Å². The number of hydrogen-bond donors (Lipinski definition) is 2. The Balaban J connectivity index is 4.90. The Morgan fingerprint density at radius 2 is 1.81 bits per heavy atom. The molecule has 0 heterocycles. The van der Waals surface area contributed by atoms with Crippen LogP contribution < -0.4 is 5.32 Å². The Kier molecular flexibility index (Phi) is 9.34. The zero-order chi connectivity index (χ0) is 16.6. The van der Waals surface area contributed by atoms with E-state index in [1.807, 2.05) is 20.8 Å². The maximum absolute atomic E-state index is 11.7. The maximum atomic E-state index is 11.7. The van der Waals surface area contributed by atoms with E-state index in [1.165, 1.54) is 0 Å². The number of nitrogens with one attached hydrogen (secondary N) is 1. The third-order valence-corrected chi connectivity index (χ3v) is 3.51. The minimum Gasteiger partial charge on any atom is -0.481 e. The zero-order valence-corrected chi connectivity index (χ0v) is 14.7. The minimum absolute atomic E-state index is 0.0468. The van der Waals surface area contributed by atoms with E-state index in [-0.39, 0.29) is 12.0 Å². The van der Waals surface area contributed by atoms with Crippen LogP contribution in [0.25, 0.3) is 0 Å². The summed E-state index contributed by atoms with van der Waals surface area (Å²) in [5.74, 6) is -2.27. The van der Waals surface area contributed by atoms with Gasteiger partial charge in [-0.15, -0.1) is 0 Å². The number of rotatable bonds is 8. The number of carboxylic acid groups (broad SMARTS) is 1. The summed E-state index contributed by atoms with van der Waals surface area (Å²) >= 11 is 16.6. The van der Waals surface area contributed by atoms with Crippen molar-refractivity contribution in [3.8, 4) is 0 Å². The van der Waals surface area contributed by atoms with Gasteiger partial charge in [-0.05, 0) is 12.3 Å². The fraction of sp³-hybridized carbons (Fsp3) is 0.714. The van der Waals surface area contributed by atoms with Gasteiger partial charge in [0.2, 0.25) is 0 Å². The van der Waals surface area contributed by atoms with Crippen LogP contribution in [0.4, 0.5) is 0 Å². The second-order valence-electron chi connectivity index (χ2n) is 5.21. The van der Waals surface area contributed by atoms with Gasteiger partial charge in [0, 0.05) is 6.04 Å². The fourth-order valence-electron chi connectivity index (χ4n) is 1.73. The highest BCUT2D eigenvalue weighted by Crippen LogP contribution is 2.26. The van der Waals surface area contributed by atoms with Gasteiger partial charge in [0.1, 0.15) is 0 Å². The summed E-state index contributed by atoms with van der Waals surface area (Å²) in [6.45, 7) is 5.67. The average Bonchev–Trinajstić information content (AvgIpc) is 2.33. The smallest absolute Gasteiger partial charge is 0.310 e. The molecule has 0 saturated heterocycles. The highest BCUT2D eigenvalue weighted by Gasteiger charge is 2.31. The van der Waals surface area contributed by atoms with Crippen molar-refractivity contribution >= 4 is 46.7 Å². The Hall–Kier alpha value is -0.450. The maximum Gasteiger partial charge on any atom is 0.310 e. The predicted molar refractivity (Wildman–Crippen MR) is 86.8 cm³/mol. The lowest BCUT2D eigenvalue weighted by atomic mass is 9.94. The van der Waals surface area contributed by atoms with Crippen molar-refractivity contribution in [3.63, 3.8) is 0 Å². The van der Waals surface area contributed by atoms with Crippen molar-refractivity contribution < 1.29 is 14.7 Å². The molecular formula is C14H22Cl3NO3. The molecule has 0 radical (unpaired) electrons. The van der Waals surface area contributed by atoms with E-state index in [2.05, 4.69) is 5.32 Å². The first-order valence-electron chi connectivity index (χ1n) is 6.88. The number of carbonyl (C=O) groups is 2. The quantitative estimate of drug-likeness (QED) is 0.510. The van der Waals surface area contributed by atoms with E-state index in [0.29, 0.717) is 6.42 Å². The zero-order valence-electron chi connectivity index (χ0n) is 12.4. The van der Waals surface area contributed by atoms with Crippen molar-refractivity contribution in [1.29, 1.82) is 0 Å². The molecule has 0 bridgehead atoms. The van der Waals surface area contributed by atoms with Crippen LogP contribution in [0, 0.1) is 11.8 Å². The molecule has 0 fully saturated rings. The molecule has 0 aromatic carbocycles. The summed E-state index contributed by atoms with van der Waals surface area (Å²) in [4.78, 5) is 22.8. The van der Waals surface area contributed by atoms with Crippen LogP contribution in [-0.4, -0.2) is 26.8 Å². The first kappa shape index (κ1) is 20.6. The Bertz CT molecular complexity index is 378. The summed E-state index contributed by atoms with van der Waals surface area (Å²) in [7, 11) is 0. The van der Waals surface area contributed by atoms with Gasteiger partial charge in [-0.2, -0.15) is 0 Å². The third-order valence-electron chi connectivity index (χ3n) is 3.00. The molecule has 0 spiro atoms. The van der Waals surface area contributed by atoms with Gasteiger partial charge in [-0.3, -0.25) is 9.59 Å². The fourth-order valence-corrected chi connectivity index (χ4v) is 1.90. The molecule has 2 atom stereocenters. The van der Waals surface area contributed by atoms with Crippen molar-refractivity contribution in [3.05, 3.63) is 12.2 Å². The summed E-state index contributed by atoms with van der Waals surface area (Å²) in [5.41, 5.74) is 0. The van der Waals surface area contributed by atoms with Crippen LogP contribution in [0.15, 0.2) is 12.2 Å². The Morgan fingerprint density at radius 3 is 2.19 bits per heavy atom. The molecule has 122 valence electrons. The summed E-state index contributed by atoms with van der Waals surface area (Å²) in [5, 5.41) is 11.8. The number of aliphatic carboxylic acids is 1. The molecule has 0 aliphatic heterocycles. The van der Waals surface area contributed by atoms with E-state index in [4.69, 9.17) is 39.9 Å². The first-order chi connectivity index (χ1) is 9.59. The highest BCUT2D eigenvalue weighted by molar-refractivity contribution is 6.76. The number of amides is 1. The molecule has 21 heavy (non-hydrogen) atoms. The van der Waals surface area contributed by atoms with Gasteiger partial charge in [0.15, 0.2) is 0 Å². The van der Waals surface area contributed by atoms with Crippen LogP contribution >= 0.6 is 34.8 Å². The van der Waals surface area contributed by atoms with Crippen molar-refractivity contribution in [2.75, 3.05) is 0 Å². The number of alkyl halides is 3. The predicted octanol–water partition coefficient (Wildman–Crippen LogP) is 3.94. The van der Waals surface area contributed by atoms with E-state index in [0.717, 1.165) is 12.8 Å². The first-order valence-corrected chi connectivity index (χ1v) is 8.01. The standard InChI is InChI=1S/C14H22Cl3NO3/c1-4-5-6-10(18-13(21)14(15,16)17)7-8-11(9(2)3)12(19)20/h7-11H,4-6H2,1-3H3,(H,18,21)(H,19,20)/b8-7+/t10-,11-/m1/s1. The second-order valence-corrected chi connectivity index (χ2v) is 7.49. The van der Waals surface area contributed by atoms with Crippen LogP contribution in [-0.2, 0) is 9.59 Å². The van der Waals surface area contributed by atoms with Crippen LogP contribution in [0.2, 0.25) is 0 Å². The highest BCUT2D eigenvalue weighted by atomic mass is 35.6. The monoisotopic (exact) mass is 357 g/mol. The molecule has 0 aliphatic rings. The molecule has 0 unspecified atom stereocenters. The number of hydrogen-bond acceptors (Lipinski definition) is 2. The number of carbonyl (C=O) groups excluding carboxylic acids is 1. The molecule has 1 amide bonds. The topological polar surface area (TPSA) is 66.4 Å². The lowest BCUT2D eigenvalue weighted by Gasteiger charge is -2.19. The molecule has 2 N–H and O–H groups in total. The van der Waals surface area contributed by atoms with Gasteiger partial charge in [-0.25, -0.2) is 0 Å². The van der Waals surface area contributed by atoms with E-state index in [9.17, 15) is 9.59 Å². The molecule has 0 aliphatic carbocycles. The van der Waals surface area contributed by atoms with E-state index in [1.54, 1.807) is 12.2 Å². The summed E-state index contributed by atoms with van der Waals surface area (Å²) < 4.78 is -2.03.